The molecule has 0 aliphatic heterocycles. The van der Waals surface area contributed by atoms with Gasteiger partial charge >= 0.3 is 5.97 Å². The molecule has 0 radical (unpaired) electrons. The average molecular weight is 545 g/mol. The number of benzene rings is 2. The maximum Gasteiger partial charge on any atom is 0.342 e. The van der Waals surface area contributed by atoms with Gasteiger partial charge in [-0.3, -0.25) is 5.10 Å². The van der Waals surface area contributed by atoms with Crippen LogP contribution in [0.5, 0.6) is 11.5 Å². The van der Waals surface area contributed by atoms with Crippen molar-refractivity contribution < 1.29 is 19.4 Å². The van der Waals surface area contributed by atoms with Crippen LogP contribution < -0.4 is 9.47 Å². The van der Waals surface area contributed by atoms with E-state index in [1.54, 1.807) is 37.3 Å². The van der Waals surface area contributed by atoms with Crippen LogP contribution >= 0.6 is 50.9 Å². The molecule has 0 atom stereocenters. The lowest BCUT2D eigenvalue weighted by Gasteiger charge is -2.14. The summed E-state index contributed by atoms with van der Waals surface area (Å²) in [5, 5.41) is 17.6. The summed E-state index contributed by atoms with van der Waals surface area (Å²) in [4.78, 5) is 15.9. The Kier molecular flexibility index (Phi) is 7.88. The molecule has 1 heterocycles. The summed E-state index contributed by atoms with van der Waals surface area (Å²) >= 11 is 16.5. The van der Waals surface area contributed by atoms with Gasteiger partial charge in [-0.1, -0.05) is 45.2 Å². The smallest absolute Gasteiger partial charge is 0.342 e. The van der Waals surface area contributed by atoms with Gasteiger partial charge in [0.1, 0.15) is 17.3 Å². The zero-order valence-electron chi connectivity index (χ0n) is 16.3. The van der Waals surface area contributed by atoms with Crippen molar-refractivity contribution in [3.63, 3.8) is 0 Å². The van der Waals surface area contributed by atoms with Crippen LogP contribution in [-0.2, 0) is 11.4 Å². The van der Waals surface area contributed by atoms with Gasteiger partial charge in [0.15, 0.2) is 11.5 Å². The quantitative estimate of drug-likeness (QED) is 0.265. The summed E-state index contributed by atoms with van der Waals surface area (Å²) in [7, 11) is 1.50. The van der Waals surface area contributed by atoms with Crippen molar-refractivity contribution in [1.29, 1.82) is 0 Å². The van der Waals surface area contributed by atoms with Crippen LogP contribution in [-0.4, -0.2) is 33.4 Å². The van der Waals surface area contributed by atoms with E-state index in [0.717, 1.165) is 17.3 Å². The number of rotatable bonds is 8. The predicted molar refractivity (Wildman–Crippen MR) is 124 cm³/mol. The fraction of sp³-hybridized carbons (Fsp3) is 0.150. The molecule has 0 bridgehead atoms. The number of methoxy groups -OCH3 is 1. The number of carbonyl (C=O) groups is 1. The molecule has 11 heteroatoms. The summed E-state index contributed by atoms with van der Waals surface area (Å²) in [6.07, 6.45) is 1.51. The highest BCUT2D eigenvalue weighted by molar-refractivity contribution is 9.10. The fourth-order valence-corrected chi connectivity index (χ4v) is 4.11. The number of carboxylic acids is 1. The lowest BCUT2D eigenvalue weighted by Crippen LogP contribution is -2.00. The Morgan fingerprint density at radius 2 is 2.06 bits per heavy atom. The molecule has 162 valence electrons. The van der Waals surface area contributed by atoms with E-state index in [1.807, 2.05) is 0 Å². The molecule has 3 rings (SSSR count). The van der Waals surface area contributed by atoms with Gasteiger partial charge in [0.2, 0.25) is 5.16 Å². The first-order chi connectivity index (χ1) is 14.8. The Morgan fingerprint density at radius 1 is 1.29 bits per heavy atom. The number of thioether (sulfide) groups is 1. The first-order valence-corrected chi connectivity index (χ1v) is 11.1. The van der Waals surface area contributed by atoms with Gasteiger partial charge in [-0.15, -0.1) is 5.10 Å². The summed E-state index contributed by atoms with van der Waals surface area (Å²) in [5.41, 5.74) is 1.35. The van der Waals surface area contributed by atoms with E-state index in [-0.39, 0.29) is 11.5 Å². The second-order valence-electron chi connectivity index (χ2n) is 6.17. The van der Waals surface area contributed by atoms with Gasteiger partial charge in [-0.25, -0.2) is 9.78 Å². The van der Waals surface area contributed by atoms with Crippen molar-refractivity contribution >= 4 is 62.9 Å². The van der Waals surface area contributed by atoms with Crippen LogP contribution in [0.4, 0.5) is 0 Å². The topological polar surface area (TPSA) is 97.3 Å². The monoisotopic (exact) mass is 543 g/mol. The molecule has 2 N–H and O–H groups in total. The van der Waals surface area contributed by atoms with Crippen LogP contribution in [0.25, 0.3) is 6.08 Å². The zero-order chi connectivity index (χ0) is 22.5. The van der Waals surface area contributed by atoms with Crippen molar-refractivity contribution in [2.75, 3.05) is 7.11 Å². The summed E-state index contributed by atoms with van der Waals surface area (Å²) in [6, 6.07) is 8.53. The number of hydrogen-bond acceptors (Lipinski definition) is 6. The molecule has 2 aromatic carbocycles. The van der Waals surface area contributed by atoms with E-state index >= 15 is 0 Å². The third kappa shape index (κ3) is 6.16. The van der Waals surface area contributed by atoms with Crippen LogP contribution in [0, 0.1) is 6.92 Å². The summed E-state index contributed by atoms with van der Waals surface area (Å²) in [6.45, 7) is 1.94. The number of nitrogens with one attached hydrogen (secondary N) is 1. The minimum absolute atomic E-state index is 0.0448. The van der Waals surface area contributed by atoms with E-state index in [0.29, 0.717) is 42.6 Å². The van der Waals surface area contributed by atoms with Gasteiger partial charge in [-0.05, 0) is 54.6 Å². The first kappa shape index (κ1) is 23.5. The molecule has 0 unspecified atom stereocenters. The number of aromatic nitrogens is 3. The third-order valence-corrected chi connectivity index (χ3v) is 6.11. The molecule has 3 aromatic rings. The number of aliphatic carboxylic acids is 1. The molecular formula is C20H16BrCl2N3O4S. The maximum atomic E-state index is 11.7. The largest absolute Gasteiger partial charge is 0.493 e. The molecule has 0 saturated carbocycles. The van der Waals surface area contributed by atoms with Crippen LogP contribution in [0.2, 0.25) is 10.0 Å². The van der Waals surface area contributed by atoms with Gasteiger partial charge in [0.25, 0.3) is 0 Å². The van der Waals surface area contributed by atoms with E-state index in [1.165, 1.54) is 13.2 Å². The van der Waals surface area contributed by atoms with Gasteiger partial charge in [0.05, 0.1) is 7.11 Å². The zero-order valence-corrected chi connectivity index (χ0v) is 20.2. The van der Waals surface area contributed by atoms with Crippen molar-refractivity contribution in [3.05, 3.63) is 66.7 Å². The van der Waals surface area contributed by atoms with Gasteiger partial charge in [-0.2, -0.15) is 0 Å². The van der Waals surface area contributed by atoms with Gasteiger partial charge in [0, 0.05) is 20.1 Å². The number of aryl methyl sites for hydroxylation is 1. The highest BCUT2D eigenvalue weighted by Crippen LogP contribution is 2.37. The van der Waals surface area contributed by atoms with Crippen molar-refractivity contribution in [3.8, 4) is 11.5 Å². The second-order valence-corrected chi connectivity index (χ2v) is 8.88. The molecule has 0 aliphatic rings. The lowest BCUT2D eigenvalue weighted by atomic mass is 10.2. The Hall–Kier alpha value is -2.20. The molecule has 0 amide bonds. The van der Waals surface area contributed by atoms with Gasteiger partial charge < -0.3 is 14.6 Å². The standard InChI is InChI=1S/C20H16BrCl2N3O4S/c1-10-24-20(26-25-10)31-18(19(27)28)6-12-5-16(29-2)17(8-14(12)21)30-9-11-3-4-13(22)7-15(11)23/h3-8H,9H2,1-2H3,(H,27,28)(H,24,25,26)/b18-6-. The van der Waals surface area contributed by atoms with Crippen LogP contribution in [0.1, 0.15) is 17.0 Å². The Bertz CT molecular complexity index is 1150. The SMILES string of the molecule is COc1cc(/C=C(\Sc2n[nH]c(C)n2)C(=O)O)c(Br)cc1OCc1ccc(Cl)cc1Cl. The number of nitrogens with zero attached hydrogens (tertiary/aromatic N) is 2. The molecular weight excluding hydrogens is 529 g/mol. The molecule has 0 spiro atoms. The highest BCUT2D eigenvalue weighted by Gasteiger charge is 2.16. The number of halogens is 3. The molecule has 0 fully saturated rings. The minimum atomic E-state index is -1.10. The number of ether oxygens (including phenoxy) is 2. The van der Waals surface area contributed by atoms with Crippen molar-refractivity contribution in [1.82, 2.24) is 15.2 Å². The summed E-state index contributed by atoms with van der Waals surface area (Å²) < 4.78 is 11.9. The maximum absolute atomic E-state index is 11.7. The minimum Gasteiger partial charge on any atom is -0.493 e. The number of carboxylic acid groups (broad SMARTS) is 1. The van der Waals surface area contributed by atoms with Crippen LogP contribution in [0.15, 0.2) is 44.9 Å². The Labute approximate surface area is 200 Å². The average Bonchev–Trinajstić information content (AvgIpc) is 3.13. The number of H-pyrrole nitrogens is 1. The highest BCUT2D eigenvalue weighted by atomic mass is 79.9. The molecule has 31 heavy (non-hydrogen) atoms. The molecule has 0 aliphatic carbocycles. The Balaban J connectivity index is 1.86. The van der Waals surface area contributed by atoms with Crippen molar-refractivity contribution in [2.45, 2.75) is 18.7 Å². The normalized spacial score (nSPS) is 11.5. The third-order valence-electron chi connectivity index (χ3n) is 3.96. The van der Waals surface area contributed by atoms with E-state index in [2.05, 4.69) is 31.1 Å². The van der Waals surface area contributed by atoms with E-state index in [4.69, 9.17) is 32.7 Å². The summed E-state index contributed by atoms with van der Waals surface area (Å²) in [5.74, 6) is 0.392. The predicted octanol–water partition coefficient (Wildman–Crippen LogP) is 5.99. The lowest BCUT2D eigenvalue weighted by molar-refractivity contribution is -0.131. The molecule has 1 aromatic heterocycles. The molecule has 0 saturated heterocycles. The second kappa shape index (κ2) is 10.4. The molecule has 7 nitrogen and oxygen atoms in total. The van der Waals surface area contributed by atoms with Crippen LogP contribution in [0.3, 0.4) is 0 Å². The van der Waals surface area contributed by atoms with E-state index < -0.39 is 5.97 Å². The first-order valence-electron chi connectivity index (χ1n) is 8.73. The fourth-order valence-electron chi connectivity index (χ4n) is 2.47. The number of aromatic amines is 1. The van der Waals surface area contributed by atoms with Crippen molar-refractivity contribution in [2.24, 2.45) is 0 Å². The van der Waals surface area contributed by atoms with E-state index in [9.17, 15) is 9.90 Å². The number of hydrogen-bond donors (Lipinski definition) is 2. The Morgan fingerprint density at radius 3 is 2.68 bits per heavy atom.